The molecule has 0 radical (unpaired) electrons. The second kappa shape index (κ2) is 8.35. The molecule has 0 atom stereocenters. The number of aromatic nitrogens is 1. The average Bonchev–Trinajstić information content (AvgIpc) is 2.76. The highest BCUT2D eigenvalue weighted by Gasteiger charge is 2.17. The van der Waals surface area contributed by atoms with Crippen molar-refractivity contribution in [3.63, 3.8) is 0 Å². The molecule has 0 spiro atoms. The molecule has 0 fully saturated rings. The summed E-state index contributed by atoms with van der Waals surface area (Å²) in [5.41, 5.74) is 2.77. The first-order valence-electron chi connectivity index (χ1n) is 9.12. The van der Waals surface area contributed by atoms with Crippen molar-refractivity contribution in [1.82, 2.24) is 4.98 Å². The number of pyridine rings is 1. The summed E-state index contributed by atoms with van der Waals surface area (Å²) in [6.07, 6.45) is 1.70. The smallest absolute Gasteiger partial charge is 0.256 e. The van der Waals surface area contributed by atoms with Crippen LogP contribution < -0.4 is 5.32 Å². The van der Waals surface area contributed by atoms with Crippen LogP contribution in [0, 0.1) is 5.82 Å². The van der Waals surface area contributed by atoms with E-state index in [-0.39, 0.29) is 22.4 Å². The second-order valence-electron chi connectivity index (χ2n) is 6.60. The zero-order valence-corrected chi connectivity index (χ0v) is 16.4. The molecule has 4 rings (SSSR count). The molecule has 1 heterocycles. The quantitative estimate of drug-likeness (QED) is 0.417. The summed E-state index contributed by atoms with van der Waals surface area (Å²) in [5, 5.41) is 13.1. The third-order valence-electron chi connectivity index (χ3n) is 4.55. The topological polar surface area (TPSA) is 62.2 Å². The van der Waals surface area contributed by atoms with Gasteiger partial charge in [-0.15, -0.1) is 0 Å². The molecule has 0 aliphatic carbocycles. The van der Waals surface area contributed by atoms with Crippen LogP contribution in [0.2, 0.25) is 5.02 Å². The van der Waals surface area contributed by atoms with Gasteiger partial charge in [0.25, 0.3) is 5.91 Å². The average molecular weight is 419 g/mol. The maximum atomic E-state index is 14.4. The summed E-state index contributed by atoms with van der Waals surface area (Å²) < 4.78 is 14.4. The molecule has 2 N–H and O–H groups in total. The number of phenols is 1. The number of nitrogens with one attached hydrogen (secondary N) is 1. The second-order valence-corrected chi connectivity index (χ2v) is 7.04. The summed E-state index contributed by atoms with van der Waals surface area (Å²) >= 11 is 6.01. The van der Waals surface area contributed by atoms with Crippen LogP contribution in [-0.4, -0.2) is 16.0 Å². The van der Waals surface area contributed by atoms with E-state index in [0.717, 1.165) is 11.3 Å². The Morgan fingerprint density at radius 3 is 2.60 bits per heavy atom. The van der Waals surface area contributed by atoms with Gasteiger partial charge in [0.05, 0.1) is 5.69 Å². The number of hydrogen-bond donors (Lipinski definition) is 2. The highest BCUT2D eigenvalue weighted by molar-refractivity contribution is 6.31. The van der Waals surface area contributed by atoms with Gasteiger partial charge >= 0.3 is 0 Å². The third-order valence-corrected chi connectivity index (χ3v) is 4.78. The lowest BCUT2D eigenvalue weighted by Gasteiger charge is -2.13. The van der Waals surface area contributed by atoms with Crippen molar-refractivity contribution in [3.05, 3.63) is 101 Å². The lowest BCUT2D eigenvalue weighted by atomic mass is 9.98. The molecule has 1 amide bonds. The zero-order valence-electron chi connectivity index (χ0n) is 15.6. The number of carbonyl (C=O) groups is 1. The SMILES string of the molecule is O=C(Nc1cccc(-c2ccccn2)c1)c1ccc(O)cc1-c1cc(Cl)ccc1F. The van der Waals surface area contributed by atoms with Gasteiger partial charge in [-0.25, -0.2) is 4.39 Å². The Morgan fingerprint density at radius 1 is 0.933 bits per heavy atom. The van der Waals surface area contributed by atoms with Gasteiger partial charge in [-0.2, -0.15) is 0 Å². The van der Waals surface area contributed by atoms with Crippen LogP contribution in [0.25, 0.3) is 22.4 Å². The molecule has 6 heteroatoms. The monoisotopic (exact) mass is 418 g/mol. The Morgan fingerprint density at radius 2 is 1.80 bits per heavy atom. The van der Waals surface area contributed by atoms with E-state index >= 15 is 0 Å². The Bertz CT molecular complexity index is 1230. The highest BCUT2D eigenvalue weighted by atomic mass is 35.5. The fraction of sp³-hybridized carbons (Fsp3) is 0. The van der Waals surface area contributed by atoms with Gasteiger partial charge in [-0.3, -0.25) is 9.78 Å². The van der Waals surface area contributed by atoms with Gasteiger partial charge in [-0.05, 0) is 60.7 Å². The molecular formula is C24H16ClFN2O2. The van der Waals surface area contributed by atoms with E-state index in [1.54, 1.807) is 18.3 Å². The molecule has 148 valence electrons. The van der Waals surface area contributed by atoms with E-state index in [2.05, 4.69) is 10.3 Å². The zero-order chi connectivity index (χ0) is 21.1. The van der Waals surface area contributed by atoms with E-state index in [1.165, 1.54) is 36.4 Å². The van der Waals surface area contributed by atoms with Crippen molar-refractivity contribution in [3.8, 4) is 28.1 Å². The molecule has 0 saturated heterocycles. The van der Waals surface area contributed by atoms with Crippen molar-refractivity contribution in [2.24, 2.45) is 0 Å². The first-order valence-corrected chi connectivity index (χ1v) is 9.50. The van der Waals surface area contributed by atoms with E-state index in [0.29, 0.717) is 10.7 Å². The van der Waals surface area contributed by atoms with E-state index < -0.39 is 11.7 Å². The predicted molar refractivity (Wildman–Crippen MR) is 116 cm³/mol. The lowest BCUT2D eigenvalue weighted by molar-refractivity contribution is 0.102. The van der Waals surface area contributed by atoms with Gasteiger partial charge in [0, 0.05) is 39.2 Å². The van der Waals surface area contributed by atoms with Gasteiger partial charge in [0.1, 0.15) is 11.6 Å². The van der Waals surface area contributed by atoms with E-state index in [1.807, 2.05) is 30.3 Å². The minimum absolute atomic E-state index is 0.0851. The normalized spacial score (nSPS) is 10.6. The van der Waals surface area contributed by atoms with Gasteiger partial charge in [0.15, 0.2) is 0 Å². The Balaban J connectivity index is 1.69. The first-order chi connectivity index (χ1) is 14.5. The minimum atomic E-state index is -0.545. The fourth-order valence-electron chi connectivity index (χ4n) is 3.15. The number of halogens is 2. The van der Waals surface area contributed by atoms with Crippen LogP contribution in [0.5, 0.6) is 5.75 Å². The summed E-state index contributed by atoms with van der Waals surface area (Å²) in [4.78, 5) is 17.3. The molecular weight excluding hydrogens is 403 g/mol. The van der Waals surface area contributed by atoms with Crippen LogP contribution in [0.1, 0.15) is 10.4 Å². The summed E-state index contributed by atoms with van der Waals surface area (Å²) in [7, 11) is 0. The number of anilines is 1. The standard InChI is InChI=1S/C24H16ClFN2O2/c25-16-7-10-22(26)21(13-16)20-14-18(29)8-9-19(20)24(30)28-17-5-3-4-15(12-17)23-6-1-2-11-27-23/h1-14,29H,(H,28,30). The van der Waals surface area contributed by atoms with Crippen molar-refractivity contribution in [2.75, 3.05) is 5.32 Å². The molecule has 0 bridgehead atoms. The molecule has 0 aliphatic rings. The molecule has 1 aromatic heterocycles. The summed E-state index contributed by atoms with van der Waals surface area (Å²) in [6.45, 7) is 0. The molecule has 0 unspecified atom stereocenters. The fourth-order valence-corrected chi connectivity index (χ4v) is 3.32. The number of aromatic hydroxyl groups is 1. The third kappa shape index (κ3) is 4.16. The first kappa shape index (κ1) is 19.6. The van der Waals surface area contributed by atoms with Crippen molar-refractivity contribution >= 4 is 23.2 Å². The van der Waals surface area contributed by atoms with Crippen molar-refractivity contribution < 1.29 is 14.3 Å². The van der Waals surface area contributed by atoms with Crippen LogP contribution in [0.15, 0.2) is 85.1 Å². The molecule has 4 nitrogen and oxygen atoms in total. The highest BCUT2D eigenvalue weighted by Crippen LogP contribution is 2.32. The Labute approximate surface area is 177 Å². The molecule has 30 heavy (non-hydrogen) atoms. The number of hydrogen-bond acceptors (Lipinski definition) is 3. The van der Waals surface area contributed by atoms with E-state index in [4.69, 9.17) is 11.6 Å². The number of carbonyl (C=O) groups excluding carboxylic acids is 1. The van der Waals surface area contributed by atoms with E-state index in [9.17, 15) is 14.3 Å². The van der Waals surface area contributed by atoms with Crippen LogP contribution >= 0.6 is 11.6 Å². The number of rotatable bonds is 4. The summed E-state index contributed by atoms with van der Waals surface area (Å²) in [5.74, 6) is -1.07. The van der Waals surface area contributed by atoms with Gasteiger partial charge < -0.3 is 10.4 Å². The Kier molecular flexibility index (Phi) is 5.46. The van der Waals surface area contributed by atoms with Gasteiger partial charge in [0.2, 0.25) is 0 Å². The number of phenolic OH excluding ortho intramolecular Hbond substituents is 1. The Hall–Kier alpha value is -3.70. The number of amides is 1. The molecule has 0 saturated carbocycles. The minimum Gasteiger partial charge on any atom is -0.508 e. The van der Waals surface area contributed by atoms with Crippen LogP contribution in [0.4, 0.5) is 10.1 Å². The van der Waals surface area contributed by atoms with Crippen LogP contribution in [0.3, 0.4) is 0 Å². The number of benzene rings is 3. The largest absolute Gasteiger partial charge is 0.508 e. The van der Waals surface area contributed by atoms with Crippen LogP contribution in [-0.2, 0) is 0 Å². The maximum Gasteiger partial charge on any atom is 0.256 e. The molecule has 4 aromatic rings. The van der Waals surface area contributed by atoms with Crippen molar-refractivity contribution in [1.29, 1.82) is 0 Å². The predicted octanol–water partition coefficient (Wildman–Crippen LogP) is 6.17. The number of nitrogens with zero attached hydrogens (tertiary/aromatic N) is 1. The maximum absolute atomic E-state index is 14.4. The molecule has 3 aromatic carbocycles. The lowest BCUT2D eigenvalue weighted by Crippen LogP contribution is -2.13. The summed E-state index contributed by atoms with van der Waals surface area (Å²) in [6, 6.07) is 21.1. The van der Waals surface area contributed by atoms with Crippen molar-refractivity contribution in [2.45, 2.75) is 0 Å². The molecule has 0 aliphatic heterocycles. The van der Waals surface area contributed by atoms with Gasteiger partial charge in [-0.1, -0.05) is 29.8 Å².